The molecule has 50 heavy (non-hydrogen) atoms. The number of nitrogens with zero attached hydrogens (tertiary/aromatic N) is 3. The van der Waals surface area contributed by atoms with Gasteiger partial charge < -0.3 is 8.83 Å². The molecular weight excluding hydrogens is 615 g/mol. The minimum atomic E-state index is -1.03. The summed E-state index contributed by atoms with van der Waals surface area (Å²) in [5.41, 5.74) is -7.50. The molecule has 7 aromatic carbocycles. The van der Waals surface area contributed by atoms with Gasteiger partial charge in [0.25, 0.3) is 0 Å². The molecule has 0 saturated heterocycles. The largest absolute Gasteiger partial charge is 0.456 e. The van der Waals surface area contributed by atoms with Crippen LogP contribution in [0.15, 0.2) is 172 Å². The van der Waals surface area contributed by atoms with Gasteiger partial charge in [-0.2, -0.15) is 0 Å². The van der Waals surface area contributed by atoms with E-state index in [2.05, 4.69) is 15.0 Å². The van der Waals surface area contributed by atoms with Gasteiger partial charge in [0.15, 0.2) is 17.5 Å². The SMILES string of the molecule is [2H]c1c([2H])c([2H])c(-c2c([2H])c([2H])c(-c3nc(-c4c([2H])c([2H])c5oc6c([2H])c([2H])c([2H])c(-c7c([2H])c([2H])c([2H])c([2H])c7[2H])c6c5c4[2H])nc(-c4c([2H])c([2H])c([2H])c5c4oc4c([2H])c([2H])c([2H])c([2H])c45)n3)c([2H])c2[2H])c([2H])c1[2H]. The molecule has 0 amide bonds. The average molecular weight is 669 g/mol. The quantitative estimate of drug-likeness (QED) is 0.183. The van der Waals surface area contributed by atoms with E-state index in [1.807, 2.05) is 0 Å². The van der Waals surface area contributed by atoms with Crippen molar-refractivity contribution in [2.75, 3.05) is 0 Å². The Labute approximate surface area is 325 Å². The van der Waals surface area contributed by atoms with Crippen molar-refractivity contribution in [1.29, 1.82) is 0 Å². The maximum atomic E-state index is 9.77. The van der Waals surface area contributed by atoms with E-state index in [-0.39, 0.29) is 0 Å². The standard InChI is InChI=1S/C45H27N3O2/c1-3-11-28(12-4-1)29-21-23-31(24-22-29)43-46-44(48-45(47-43)36-18-9-17-35-34-15-7-8-19-38(34)50-42(35)36)32-25-26-39-37(27-32)41-33(16-10-20-40(41)49-39)30-13-5-2-6-14-30/h1-27H/i1D,2D,3D,4D,5D,6D,7D,8D,9D,10D,11D,12D,13D,14D,15D,16D,17D,18D,19D,20D,21D,22D,23D,24D,25D,26D,27D. The molecule has 10 aromatic rings. The Morgan fingerprint density at radius 1 is 0.360 bits per heavy atom. The predicted octanol–water partition coefficient (Wildman–Crippen LogP) is 12.0. The predicted molar refractivity (Wildman–Crippen MR) is 202 cm³/mol. The Morgan fingerprint density at radius 3 is 1.74 bits per heavy atom. The Balaban J connectivity index is 1.39. The molecular formula is C45H27N3O2. The van der Waals surface area contributed by atoms with Gasteiger partial charge in [-0.3, -0.25) is 0 Å². The van der Waals surface area contributed by atoms with Crippen LogP contribution in [0, 0.1) is 0 Å². The van der Waals surface area contributed by atoms with Crippen molar-refractivity contribution in [3.05, 3.63) is 163 Å². The van der Waals surface area contributed by atoms with Crippen molar-refractivity contribution >= 4 is 43.9 Å². The molecule has 0 spiro atoms. The summed E-state index contributed by atoms with van der Waals surface area (Å²) in [5.74, 6) is -2.62. The lowest BCUT2D eigenvalue weighted by molar-refractivity contribution is 0.669. The molecule has 3 heterocycles. The van der Waals surface area contributed by atoms with Crippen LogP contribution in [0.5, 0.6) is 0 Å². The Kier molecular flexibility index (Phi) is 2.79. The van der Waals surface area contributed by atoms with Crippen LogP contribution in [0.3, 0.4) is 0 Å². The van der Waals surface area contributed by atoms with Gasteiger partial charge in [-0.25, -0.2) is 15.0 Å². The molecule has 0 aliphatic rings. The van der Waals surface area contributed by atoms with Crippen LogP contribution in [0.4, 0.5) is 0 Å². The molecule has 0 unspecified atom stereocenters. The second-order valence-electron chi connectivity index (χ2n) is 10.3. The number of hydrogen-bond donors (Lipinski definition) is 0. The Morgan fingerprint density at radius 2 is 0.920 bits per heavy atom. The van der Waals surface area contributed by atoms with Crippen molar-refractivity contribution in [2.24, 2.45) is 0 Å². The van der Waals surface area contributed by atoms with Crippen LogP contribution in [-0.4, -0.2) is 15.0 Å². The highest BCUT2D eigenvalue weighted by Crippen LogP contribution is 2.39. The van der Waals surface area contributed by atoms with Gasteiger partial charge >= 0.3 is 0 Å². The van der Waals surface area contributed by atoms with E-state index in [1.54, 1.807) is 0 Å². The lowest BCUT2D eigenvalue weighted by atomic mass is 9.99. The number of benzene rings is 7. The molecule has 0 radical (unpaired) electrons. The van der Waals surface area contributed by atoms with E-state index in [4.69, 9.17) is 37.6 Å². The number of para-hydroxylation sites is 2. The molecule has 0 saturated carbocycles. The minimum absolute atomic E-state index is 0.408. The first-order chi connectivity index (χ1) is 36.0. The van der Waals surface area contributed by atoms with Crippen molar-refractivity contribution in [2.45, 2.75) is 0 Å². The van der Waals surface area contributed by atoms with Gasteiger partial charge in [0.05, 0.1) is 42.6 Å². The van der Waals surface area contributed by atoms with Gasteiger partial charge in [-0.15, -0.1) is 0 Å². The third-order valence-electron chi connectivity index (χ3n) is 7.44. The average Bonchev–Trinajstić information content (AvgIpc) is 4.00. The lowest BCUT2D eigenvalue weighted by Crippen LogP contribution is -2.00. The number of rotatable bonds is 5. The zero-order chi connectivity index (χ0) is 56.5. The summed E-state index contributed by atoms with van der Waals surface area (Å²) in [6.45, 7) is 0. The monoisotopic (exact) mass is 668 g/mol. The fraction of sp³-hybridized carbons (Fsp3) is 0. The van der Waals surface area contributed by atoms with Crippen molar-refractivity contribution in [1.82, 2.24) is 15.0 Å². The maximum absolute atomic E-state index is 9.77. The summed E-state index contributed by atoms with van der Waals surface area (Å²) in [5, 5.41) is -1.93. The second kappa shape index (κ2) is 11.4. The number of hydrogen-bond acceptors (Lipinski definition) is 5. The molecule has 5 heteroatoms. The normalized spacial score (nSPS) is 19.2. The Hall–Kier alpha value is -6.85. The van der Waals surface area contributed by atoms with E-state index >= 15 is 0 Å². The number of fused-ring (bicyclic) bond motifs is 6. The molecule has 0 aliphatic carbocycles. The van der Waals surface area contributed by atoms with E-state index < -0.39 is 263 Å². The molecule has 3 aromatic heterocycles. The first-order valence-corrected chi connectivity index (χ1v) is 14.4. The minimum Gasteiger partial charge on any atom is -0.456 e. The second-order valence-corrected chi connectivity index (χ2v) is 10.3. The summed E-state index contributed by atoms with van der Waals surface area (Å²) in [7, 11) is 0. The van der Waals surface area contributed by atoms with Crippen molar-refractivity contribution in [3.63, 3.8) is 0 Å². The van der Waals surface area contributed by atoms with Crippen LogP contribution in [-0.2, 0) is 0 Å². The van der Waals surface area contributed by atoms with E-state index in [1.165, 1.54) is 0 Å². The first-order valence-electron chi connectivity index (χ1n) is 27.9. The lowest BCUT2D eigenvalue weighted by Gasteiger charge is -2.10. The van der Waals surface area contributed by atoms with E-state index in [0.29, 0.717) is 0 Å². The molecule has 0 atom stereocenters. The zero-order valence-corrected chi connectivity index (χ0v) is 24.7. The highest BCUT2D eigenvalue weighted by molar-refractivity contribution is 6.13. The Bertz CT molecular complexity index is 4350. The summed E-state index contributed by atoms with van der Waals surface area (Å²) in [4.78, 5) is 13.2. The highest BCUT2D eigenvalue weighted by atomic mass is 16.3. The van der Waals surface area contributed by atoms with Crippen LogP contribution in [0.1, 0.15) is 37.0 Å². The third-order valence-corrected chi connectivity index (χ3v) is 7.44. The summed E-state index contributed by atoms with van der Waals surface area (Å²) >= 11 is 0. The molecule has 234 valence electrons. The summed E-state index contributed by atoms with van der Waals surface area (Å²) < 4.78 is 248. The van der Waals surface area contributed by atoms with Gasteiger partial charge in [-0.1, -0.05) is 127 Å². The molecule has 0 N–H and O–H groups in total. The van der Waals surface area contributed by atoms with Crippen LogP contribution in [0.2, 0.25) is 0 Å². The summed E-state index contributed by atoms with van der Waals surface area (Å²) in [6, 6.07) is -23.6. The van der Waals surface area contributed by atoms with Crippen molar-refractivity contribution < 1.29 is 45.8 Å². The van der Waals surface area contributed by atoms with Gasteiger partial charge in [0, 0.05) is 32.7 Å². The van der Waals surface area contributed by atoms with Crippen LogP contribution < -0.4 is 0 Å². The fourth-order valence-corrected chi connectivity index (χ4v) is 5.25. The number of aromatic nitrogens is 3. The highest BCUT2D eigenvalue weighted by Gasteiger charge is 2.19. The van der Waals surface area contributed by atoms with Crippen LogP contribution in [0.25, 0.3) is 100 Å². The first kappa shape index (κ1) is 12.2. The van der Waals surface area contributed by atoms with Gasteiger partial charge in [0.2, 0.25) is 0 Å². The smallest absolute Gasteiger partial charge is 0.167 e. The zero-order valence-electron chi connectivity index (χ0n) is 51.7. The summed E-state index contributed by atoms with van der Waals surface area (Å²) in [6.07, 6.45) is 0. The van der Waals surface area contributed by atoms with Gasteiger partial charge in [0.1, 0.15) is 22.3 Å². The maximum Gasteiger partial charge on any atom is 0.167 e. The van der Waals surface area contributed by atoms with Gasteiger partial charge in [-0.05, 0) is 58.5 Å². The molecule has 0 aliphatic heterocycles. The molecule has 0 fully saturated rings. The molecule has 10 rings (SSSR count). The van der Waals surface area contributed by atoms with E-state index in [0.717, 1.165) is 0 Å². The molecule has 5 nitrogen and oxygen atoms in total. The molecule has 0 bridgehead atoms. The van der Waals surface area contributed by atoms with E-state index in [9.17, 15) is 8.22 Å². The fourth-order valence-electron chi connectivity index (χ4n) is 5.25. The number of furan rings is 2. The van der Waals surface area contributed by atoms with Crippen molar-refractivity contribution in [3.8, 4) is 56.4 Å². The topological polar surface area (TPSA) is 65.0 Å². The third kappa shape index (κ3) is 4.67. The van der Waals surface area contributed by atoms with Crippen LogP contribution >= 0.6 is 0 Å².